The lowest BCUT2D eigenvalue weighted by molar-refractivity contribution is 0.164. The SMILES string of the molecule is CCCNC(c1ccccc1)C(C)Oc1ccccc1F. The summed E-state index contributed by atoms with van der Waals surface area (Å²) < 4.78 is 19.5. The largest absolute Gasteiger partial charge is 0.486 e. The lowest BCUT2D eigenvalue weighted by Crippen LogP contribution is -2.34. The Bertz CT molecular complexity index is 544. The molecule has 2 aromatic rings. The molecule has 0 radical (unpaired) electrons. The fourth-order valence-corrected chi connectivity index (χ4v) is 2.32. The van der Waals surface area contributed by atoms with Gasteiger partial charge in [0.1, 0.15) is 6.10 Å². The summed E-state index contributed by atoms with van der Waals surface area (Å²) >= 11 is 0. The maximum atomic E-state index is 13.7. The summed E-state index contributed by atoms with van der Waals surface area (Å²) in [6.45, 7) is 4.98. The van der Waals surface area contributed by atoms with E-state index in [2.05, 4.69) is 24.4 Å². The predicted octanol–water partition coefficient (Wildman–Crippen LogP) is 4.33. The summed E-state index contributed by atoms with van der Waals surface area (Å²) in [6.07, 6.45) is 0.867. The molecule has 0 aliphatic carbocycles. The first kappa shape index (κ1) is 15.5. The van der Waals surface area contributed by atoms with Crippen molar-refractivity contribution in [2.45, 2.75) is 32.4 Å². The number of nitrogens with one attached hydrogen (secondary N) is 1. The number of ether oxygens (including phenoxy) is 1. The number of benzene rings is 2. The monoisotopic (exact) mass is 287 g/mol. The maximum absolute atomic E-state index is 13.7. The molecule has 0 amide bonds. The molecule has 0 saturated carbocycles. The number of hydrogen-bond acceptors (Lipinski definition) is 2. The molecular formula is C18H22FNO. The Kier molecular flexibility index (Phi) is 5.76. The molecule has 2 atom stereocenters. The number of hydrogen-bond donors (Lipinski definition) is 1. The second-order valence-electron chi connectivity index (χ2n) is 5.10. The molecule has 1 N–H and O–H groups in total. The highest BCUT2D eigenvalue weighted by molar-refractivity contribution is 5.25. The molecule has 3 heteroatoms. The van der Waals surface area contributed by atoms with Crippen LogP contribution in [0.1, 0.15) is 31.9 Å². The zero-order chi connectivity index (χ0) is 15.1. The van der Waals surface area contributed by atoms with Crippen LogP contribution in [-0.2, 0) is 0 Å². The van der Waals surface area contributed by atoms with Gasteiger partial charge in [0.2, 0.25) is 0 Å². The molecule has 2 unspecified atom stereocenters. The molecule has 2 rings (SSSR count). The fourth-order valence-electron chi connectivity index (χ4n) is 2.32. The summed E-state index contributed by atoms with van der Waals surface area (Å²) in [7, 11) is 0. The van der Waals surface area contributed by atoms with Gasteiger partial charge >= 0.3 is 0 Å². The van der Waals surface area contributed by atoms with E-state index in [0.29, 0.717) is 5.75 Å². The van der Waals surface area contributed by atoms with E-state index >= 15 is 0 Å². The van der Waals surface area contributed by atoms with Crippen LogP contribution in [-0.4, -0.2) is 12.6 Å². The summed E-state index contributed by atoms with van der Waals surface area (Å²) in [5.41, 5.74) is 1.15. The van der Waals surface area contributed by atoms with Gasteiger partial charge in [-0.05, 0) is 37.6 Å². The highest BCUT2D eigenvalue weighted by atomic mass is 19.1. The third kappa shape index (κ3) is 4.30. The third-order valence-electron chi connectivity index (χ3n) is 3.39. The van der Waals surface area contributed by atoms with Crippen molar-refractivity contribution in [1.82, 2.24) is 5.32 Å². The first-order chi connectivity index (χ1) is 10.2. The zero-order valence-electron chi connectivity index (χ0n) is 12.6. The molecule has 112 valence electrons. The third-order valence-corrected chi connectivity index (χ3v) is 3.39. The van der Waals surface area contributed by atoms with Crippen LogP contribution in [0.2, 0.25) is 0 Å². The average molecular weight is 287 g/mol. The van der Waals surface area contributed by atoms with E-state index in [-0.39, 0.29) is 18.0 Å². The van der Waals surface area contributed by atoms with Crippen molar-refractivity contribution in [3.8, 4) is 5.75 Å². The summed E-state index contributed by atoms with van der Waals surface area (Å²) in [5, 5.41) is 3.48. The number of halogens is 1. The van der Waals surface area contributed by atoms with E-state index < -0.39 is 0 Å². The molecule has 0 spiro atoms. The van der Waals surface area contributed by atoms with Crippen molar-refractivity contribution in [3.05, 3.63) is 66.0 Å². The van der Waals surface area contributed by atoms with Gasteiger partial charge in [-0.15, -0.1) is 0 Å². The van der Waals surface area contributed by atoms with E-state index in [1.807, 2.05) is 25.1 Å². The van der Waals surface area contributed by atoms with Crippen LogP contribution >= 0.6 is 0 Å². The van der Waals surface area contributed by atoms with Crippen molar-refractivity contribution in [2.24, 2.45) is 0 Å². The standard InChI is InChI=1S/C18H22FNO/c1-3-13-20-18(15-9-5-4-6-10-15)14(2)21-17-12-8-7-11-16(17)19/h4-12,14,18,20H,3,13H2,1-2H3. The maximum Gasteiger partial charge on any atom is 0.165 e. The van der Waals surface area contributed by atoms with Crippen molar-refractivity contribution in [1.29, 1.82) is 0 Å². The Morgan fingerprint density at radius 1 is 1.05 bits per heavy atom. The highest BCUT2D eigenvalue weighted by Crippen LogP contribution is 2.24. The van der Waals surface area contributed by atoms with Gasteiger partial charge in [0.15, 0.2) is 11.6 Å². The molecule has 0 heterocycles. The van der Waals surface area contributed by atoms with Gasteiger partial charge in [0.25, 0.3) is 0 Å². The van der Waals surface area contributed by atoms with Crippen LogP contribution in [0.3, 0.4) is 0 Å². The van der Waals surface area contributed by atoms with Crippen LogP contribution in [0.15, 0.2) is 54.6 Å². The van der Waals surface area contributed by atoms with E-state index in [1.165, 1.54) is 6.07 Å². The molecular weight excluding hydrogens is 265 g/mol. The molecule has 0 saturated heterocycles. The molecule has 0 aliphatic heterocycles. The molecule has 21 heavy (non-hydrogen) atoms. The van der Waals surface area contributed by atoms with Crippen LogP contribution in [0.4, 0.5) is 4.39 Å². The fraction of sp³-hybridized carbons (Fsp3) is 0.333. The first-order valence-corrected chi connectivity index (χ1v) is 7.42. The molecule has 2 aromatic carbocycles. The van der Waals surface area contributed by atoms with Gasteiger partial charge in [0, 0.05) is 0 Å². The zero-order valence-corrected chi connectivity index (χ0v) is 12.6. The van der Waals surface area contributed by atoms with Crippen LogP contribution in [0.5, 0.6) is 5.75 Å². The van der Waals surface area contributed by atoms with Crippen molar-refractivity contribution in [3.63, 3.8) is 0 Å². The minimum absolute atomic E-state index is 0.0331. The number of rotatable bonds is 7. The molecule has 0 aromatic heterocycles. The van der Waals surface area contributed by atoms with Gasteiger partial charge in [-0.2, -0.15) is 0 Å². The van der Waals surface area contributed by atoms with Crippen molar-refractivity contribution >= 4 is 0 Å². The van der Waals surface area contributed by atoms with E-state index in [1.54, 1.807) is 18.2 Å². The van der Waals surface area contributed by atoms with Gasteiger partial charge in [0.05, 0.1) is 6.04 Å². The summed E-state index contributed by atoms with van der Waals surface area (Å²) in [6, 6.07) is 16.7. The number of para-hydroxylation sites is 1. The smallest absolute Gasteiger partial charge is 0.165 e. The molecule has 2 nitrogen and oxygen atoms in total. The Balaban J connectivity index is 2.14. The van der Waals surface area contributed by atoms with Crippen LogP contribution < -0.4 is 10.1 Å². The topological polar surface area (TPSA) is 21.3 Å². The highest BCUT2D eigenvalue weighted by Gasteiger charge is 2.21. The second-order valence-corrected chi connectivity index (χ2v) is 5.10. The van der Waals surface area contributed by atoms with Gasteiger partial charge in [-0.1, -0.05) is 49.4 Å². The molecule has 0 fully saturated rings. The summed E-state index contributed by atoms with van der Waals surface area (Å²) in [4.78, 5) is 0. The van der Waals surface area contributed by atoms with Gasteiger partial charge < -0.3 is 10.1 Å². The van der Waals surface area contributed by atoms with Crippen LogP contribution in [0, 0.1) is 5.82 Å². The first-order valence-electron chi connectivity index (χ1n) is 7.42. The quantitative estimate of drug-likeness (QED) is 0.818. The molecule has 0 aliphatic rings. The lowest BCUT2D eigenvalue weighted by atomic mass is 10.0. The van der Waals surface area contributed by atoms with E-state index in [0.717, 1.165) is 18.5 Å². The minimum Gasteiger partial charge on any atom is -0.486 e. The van der Waals surface area contributed by atoms with Crippen LogP contribution in [0.25, 0.3) is 0 Å². The normalized spacial score (nSPS) is 13.7. The second kappa shape index (κ2) is 7.79. The Morgan fingerprint density at radius 3 is 2.38 bits per heavy atom. The average Bonchev–Trinajstić information content (AvgIpc) is 2.51. The van der Waals surface area contributed by atoms with Crippen molar-refractivity contribution in [2.75, 3.05) is 6.54 Å². The minimum atomic E-state index is -0.327. The van der Waals surface area contributed by atoms with Gasteiger partial charge in [-0.25, -0.2) is 4.39 Å². The molecule has 0 bridgehead atoms. The van der Waals surface area contributed by atoms with E-state index in [9.17, 15) is 4.39 Å². The van der Waals surface area contributed by atoms with Gasteiger partial charge in [-0.3, -0.25) is 0 Å². The predicted molar refractivity (Wildman–Crippen MR) is 84.0 cm³/mol. The lowest BCUT2D eigenvalue weighted by Gasteiger charge is -2.26. The van der Waals surface area contributed by atoms with Crippen molar-refractivity contribution < 1.29 is 9.13 Å². The van der Waals surface area contributed by atoms with E-state index in [4.69, 9.17) is 4.74 Å². The Labute approximate surface area is 126 Å². The summed E-state index contributed by atoms with van der Waals surface area (Å²) in [5.74, 6) is -0.0316. The Morgan fingerprint density at radius 2 is 1.71 bits per heavy atom. The Hall–Kier alpha value is -1.87.